The van der Waals surface area contributed by atoms with Gasteiger partial charge in [-0.25, -0.2) is 9.97 Å². The molecule has 0 unspecified atom stereocenters. The Morgan fingerprint density at radius 1 is 0.652 bits per heavy atom. The molecular weight excluding hydrogens is 741 g/mol. The molecule has 0 N–H and O–H groups in total. The van der Waals surface area contributed by atoms with Gasteiger partial charge in [0.1, 0.15) is 11.6 Å². The van der Waals surface area contributed by atoms with Crippen molar-refractivity contribution in [1.82, 2.24) is 15.0 Å². The summed E-state index contributed by atoms with van der Waals surface area (Å²) in [4.78, 5) is 16.0. The quantitative estimate of drug-likeness (QED) is 0.164. The molecule has 0 bridgehead atoms. The van der Waals surface area contributed by atoms with Crippen molar-refractivity contribution in [2.75, 3.05) is 4.90 Å². The summed E-state index contributed by atoms with van der Waals surface area (Å²) in [7, 11) is 0. The fourth-order valence-corrected chi connectivity index (χ4v) is 6.15. The van der Waals surface area contributed by atoms with E-state index in [0.29, 0.717) is 0 Å². The number of hydrogen-bond donors (Lipinski definition) is 0. The largest absolute Gasteiger partial charge is 0.296 e. The van der Waals surface area contributed by atoms with E-state index in [1.807, 2.05) is 60.7 Å². The van der Waals surface area contributed by atoms with Gasteiger partial charge >= 0.3 is 0 Å². The van der Waals surface area contributed by atoms with Crippen LogP contribution in [0.2, 0.25) is 0 Å². The Balaban J connectivity index is 0.000000158. The number of aromatic nitrogens is 3. The van der Waals surface area contributed by atoms with Crippen LogP contribution in [0.25, 0.3) is 50.5 Å². The first-order chi connectivity index (χ1) is 22.1. The van der Waals surface area contributed by atoms with Gasteiger partial charge in [0.15, 0.2) is 0 Å². The molecule has 3 heterocycles. The van der Waals surface area contributed by atoms with Gasteiger partial charge in [0.2, 0.25) is 0 Å². The molecule has 0 amide bonds. The molecular formula is C41H31IrN4-. The van der Waals surface area contributed by atoms with Crippen molar-refractivity contribution in [2.45, 2.75) is 13.8 Å². The second kappa shape index (κ2) is 13.4. The third-order valence-electron chi connectivity index (χ3n) is 8.06. The number of rotatable bonds is 5. The standard InChI is InChI=1S/C21H12N.C20H19N3.Ir/c1-2-7-14(8-3-1)20-13-18-16-10-5-4-9-15(16)17-11-6-12-19(22-20)21(17)18;1-4-17-13-15(2)20(16(3)14-17)23(18-9-5-7-11-21-18)19-10-6-8-12-22-19;/h1-7,9-13H;4-14H,1H2,2-3H3;/q-1;;. The summed E-state index contributed by atoms with van der Waals surface area (Å²) in [5.74, 6) is 1.70. The predicted octanol–water partition coefficient (Wildman–Crippen LogP) is 10.6. The van der Waals surface area contributed by atoms with E-state index in [9.17, 15) is 0 Å². The minimum absolute atomic E-state index is 0. The molecule has 0 aliphatic heterocycles. The van der Waals surface area contributed by atoms with Gasteiger partial charge < -0.3 is 0 Å². The van der Waals surface area contributed by atoms with E-state index >= 15 is 0 Å². The Morgan fingerprint density at radius 2 is 1.26 bits per heavy atom. The van der Waals surface area contributed by atoms with E-state index in [4.69, 9.17) is 4.98 Å². The number of fused-ring (bicyclic) bond motifs is 3. The van der Waals surface area contributed by atoms with Crippen molar-refractivity contribution in [1.29, 1.82) is 0 Å². The van der Waals surface area contributed by atoms with Gasteiger partial charge in [-0.15, -0.1) is 35.9 Å². The molecule has 4 nitrogen and oxygen atoms in total. The normalized spacial score (nSPS) is 10.7. The molecule has 4 aromatic carbocycles. The number of aryl methyl sites for hydroxylation is 2. The summed E-state index contributed by atoms with van der Waals surface area (Å²) in [6.45, 7) is 8.08. The van der Waals surface area contributed by atoms with Gasteiger partial charge in [-0.3, -0.25) is 9.88 Å². The molecule has 1 aliphatic rings. The van der Waals surface area contributed by atoms with Crippen molar-refractivity contribution >= 4 is 34.3 Å². The zero-order valence-corrected chi connectivity index (χ0v) is 28.0. The average Bonchev–Trinajstić information content (AvgIpc) is 3.42. The number of anilines is 3. The van der Waals surface area contributed by atoms with Crippen LogP contribution in [0, 0.1) is 19.9 Å². The number of benzene rings is 4. The molecule has 0 spiro atoms. The van der Waals surface area contributed by atoms with Crippen LogP contribution in [-0.2, 0) is 20.1 Å². The molecule has 1 aliphatic carbocycles. The zero-order valence-electron chi connectivity index (χ0n) is 25.6. The van der Waals surface area contributed by atoms with Crippen LogP contribution < -0.4 is 4.90 Å². The van der Waals surface area contributed by atoms with Gasteiger partial charge in [-0.2, -0.15) is 0 Å². The molecule has 46 heavy (non-hydrogen) atoms. The summed E-state index contributed by atoms with van der Waals surface area (Å²) < 4.78 is 0. The van der Waals surface area contributed by atoms with Crippen LogP contribution in [0.3, 0.4) is 0 Å². The average molecular weight is 772 g/mol. The maximum Gasteiger partial charge on any atom is 0.138 e. The van der Waals surface area contributed by atoms with Crippen LogP contribution >= 0.6 is 0 Å². The molecule has 0 saturated heterocycles. The van der Waals surface area contributed by atoms with Gasteiger partial charge in [0, 0.05) is 37.9 Å². The first kappa shape index (κ1) is 30.8. The fourth-order valence-electron chi connectivity index (χ4n) is 6.15. The number of pyridine rings is 3. The molecule has 7 aromatic rings. The molecule has 8 rings (SSSR count). The molecule has 0 saturated carbocycles. The molecule has 3 aromatic heterocycles. The van der Waals surface area contributed by atoms with Crippen molar-refractivity contribution < 1.29 is 20.1 Å². The van der Waals surface area contributed by atoms with Crippen LogP contribution in [0.5, 0.6) is 0 Å². The minimum Gasteiger partial charge on any atom is -0.296 e. The van der Waals surface area contributed by atoms with Crippen LogP contribution in [0.1, 0.15) is 16.7 Å². The first-order valence-electron chi connectivity index (χ1n) is 15.0. The maximum atomic E-state index is 4.86. The monoisotopic (exact) mass is 772 g/mol. The molecule has 0 atom stereocenters. The Kier molecular flexibility index (Phi) is 8.98. The van der Waals surface area contributed by atoms with E-state index in [2.05, 4.69) is 108 Å². The van der Waals surface area contributed by atoms with Crippen molar-refractivity contribution in [3.63, 3.8) is 0 Å². The Labute approximate surface area is 283 Å². The van der Waals surface area contributed by atoms with Crippen molar-refractivity contribution in [3.05, 3.63) is 163 Å². The predicted molar refractivity (Wildman–Crippen MR) is 187 cm³/mol. The van der Waals surface area contributed by atoms with Crippen molar-refractivity contribution in [2.24, 2.45) is 0 Å². The molecule has 0 fully saturated rings. The Morgan fingerprint density at radius 3 is 1.85 bits per heavy atom. The van der Waals surface area contributed by atoms with E-state index in [1.54, 1.807) is 12.4 Å². The number of nitrogens with zero attached hydrogens (tertiary/aromatic N) is 4. The van der Waals surface area contributed by atoms with Gasteiger partial charge in [0.25, 0.3) is 0 Å². The van der Waals surface area contributed by atoms with Crippen LogP contribution in [0.4, 0.5) is 17.3 Å². The summed E-state index contributed by atoms with van der Waals surface area (Å²) in [6.07, 6.45) is 5.47. The molecule has 225 valence electrons. The van der Waals surface area contributed by atoms with E-state index in [0.717, 1.165) is 50.8 Å². The maximum absolute atomic E-state index is 4.86. The van der Waals surface area contributed by atoms with Crippen LogP contribution in [-0.4, -0.2) is 15.0 Å². The summed E-state index contributed by atoms with van der Waals surface area (Å²) in [6, 6.07) is 44.5. The summed E-state index contributed by atoms with van der Waals surface area (Å²) in [5, 5.41) is 1.27. The second-order valence-electron chi connectivity index (χ2n) is 11.0. The number of hydrogen-bond acceptors (Lipinski definition) is 4. The topological polar surface area (TPSA) is 41.9 Å². The SMILES string of the molecule is C=Cc1cc(C)c(N(c2ccccn2)c2ccccn2)c(C)c1.[Ir].[c-]1ccccc1-c1cc2c3c(cccc3n1)-c1ccccc1-2. The minimum atomic E-state index is 0. The van der Waals surface area contributed by atoms with E-state index in [-0.39, 0.29) is 20.1 Å². The van der Waals surface area contributed by atoms with Gasteiger partial charge in [-0.1, -0.05) is 67.3 Å². The van der Waals surface area contributed by atoms with Crippen molar-refractivity contribution in [3.8, 4) is 33.5 Å². The Hall–Kier alpha value is -5.22. The third-order valence-corrected chi connectivity index (χ3v) is 8.06. The fraction of sp³-hybridized carbons (Fsp3) is 0.0488. The Bertz CT molecular complexity index is 2080. The van der Waals surface area contributed by atoms with Gasteiger partial charge in [0.05, 0.1) is 11.2 Å². The van der Waals surface area contributed by atoms with E-state index < -0.39 is 0 Å². The molecule has 1 radical (unpaired) electrons. The third kappa shape index (κ3) is 5.79. The van der Waals surface area contributed by atoms with Crippen LogP contribution in [0.15, 0.2) is 140 Å². The zero-order chi connectivity index (χ0) is 30.8. The van der Waals surface area contributed by atoms with Gasteiger partial charge in [-0.05, 0) is 101 Å². The second-order valence-corrected chi connectivity index (χ2v) is 11.0. The first-order valence-corrected chi connectivity index (χ1v) is 15.0. The summed E-state index contributed by atoms with van der Waals surface area (Å²) >= 11 is 0. The molecule has 5 heteroatoms. The van der Waals surface area contributed by atoms with E-state index in [1.165, 1.54) is 27.6 Å². The summed E-state index contributed by atoms with van der Waals surface area (Å²) in [5.41, 5.74) is 12.8. The smallest absolute Gasteiger partial charge is 0.138 e.